The molecule has 7 heteroatoms. The molecule has 0 saturated carbocycles. The first-order valence-corrected chi connectivity index (χ1v) is 11.6. The van der Waals surface area contributed by atoms with Crippen LogP contribution in [0, 0.1) is 6.92 Å². The van der Waals surface area contributed by atoms with Gasteiger partial charge in [-0.2, -0.15) is 0 Å². The number of hydrogen-bond donors (Lipinski definition) is 1. The quantitative estimate of drug-likeness (QED) is 0.811. The Morgan fingerprint density at radius 2 is 1.90 bits per heavy atom. The normalized spacial score (nSPS) is 19.8. The third kappa shape index (κ3) is 5.58. The molecule has 0 radical (unpaired) electrons. The van der Waals surface area contributed by atoms with Crippen molar-refractivity contribution >= 4 is 16.1 Å². The van der Waals surface area contributed by atoms with Crippen molar-refractivity contribution in [1.29, 1.82) is 0 Å². The van der Waals surface area contributed by atoms with Crippen LogP contribution in [-0.4, -0.2) is 51.4 Å². The van der Waals surface area contributed by atoms with Gasteiger partial charge in [0.2, 0.25) is 10.0 Å². The van der Waals surface area contributed by atoms with Gasteiger partial charge in [-0.3, -0.25) is 0 Å². The van der Waals surface area contributed by atoms with Gasteiger partial charge >= 0.3 is 6.09 Å². The van der Waals surface area contributed by atoms with Crippen molar-refractivity contribution in [3.63, 3.8) is 0 Å². The highest BCUT2D eigenvalue weighted by molar-refractivity contribution is 7.88. The Hall–Kier alpha value is -2.38. The van der Waals surface area contributed by atoms with Gasteiger partial charge in [-0.15, -0.1) is 0 Å². The summed E-state index contributed by atoms with van der Waals surface area (Å²) in [6.07, 6.45) is 2.68. The van der Waals surface area contributed by atoms with Gasteiger partial charge < -0.3 is 9.64 Å². The van der Waals surface area contributed by atoms with Crippen molar-refractivity contribution in [3.05, 3.63) is 59.7 Å². The second-order valence-corrected chi connectivity index (χ2v) is 9.42. The summed E-state index contributed by atoms with van der Waals surface area (Å²) in [6.45, 7) is 2.61. The molecule has 0 unspecified atom stereocenters. The fourth-order valence-corrected chi connectivity index (χ4v) is 4.76. The zero-order valence-electron chi connectivity index (χ0n) is 17.1. The summed E-state index contributed by atoms with van der Waals surface area (Å²) in [5.74, 6) is 0. The number of carbonyl (C=O) groups is 1. The first-order chi connectivity index (χ1) is 13.8. The van der Waals surface area contributed by atoms with Crippen molar-refractivity contribution in [2.75, 3.05) is 19.9 Å². The van der Waals surface area contributed by atoms with E-state index in [1.165, 1.54) is 12.7 Å². The fourth-order valence-electron chi connectivity index (χ4n) is 3.93. The van der Waals surface area contributed by atoms with Gasteiger partial charge in [0.1, 0.15) is 0 Å². The third-order valence-corrected chi connectivity index (χ3v) is 6.04. The summed E-state index contributed by atoms with van der Waals surface area (Å²) in [5, 5.41) is 0. The number of benzene rings is 2. The molecule has 1 amide bonds. The lowest BCUT2D eigenvalue weighted by Gasteiger charge is -2.40. The minimum Gasteiger partial charge on any atom is -0.453 e. The Bertz CT molecular complexity index is 957. The zero-order chi connectivity index (χ0) is 21.0. The van der Waals surface area contributed by atoms with Crippen molar-refractivity contribution in [2.24, 2.45) is 0 Å². The van der Waals surface area contributed by atoms with Gasteiger partial charge in [-0.25, -0.2) is 17.9 Å². The maximum absolute atomic E-state index is 12.3. The van der Waals surface area contributed by atoms with Gasteiger partial charge in [-0.1, -0.05) is 54.1 Å². The second-order valence-electron chi connectivity index (χ2n) is 7.64. The molecule has 29 heavy (non-hydrogen) atoms. The van der Waals surface area contributed by atoms with Crippen LogP contribution in [-0.2, 0) is 21.2 Å². The van der Waals surface area contributed by atoms with E-state index in [1.807, 2.05) is 12.1 Å². The maximum Gasteiger partial charge on any atom is 0.409 e. The molecule has 2 aromatic carbocycles. The molecule has 156 valence electrons. The van der Waals surface area contributed by atoms with Gasteiger partial charge in [0.15, 0.2) is 0 Å². The number of sulfonamides is 1. The van der Waals surface area contributed by atoms with Crippen molar-refractivity contribution in [1.82, 2.24) is 9.62 Å². The highest BCUT2D eigenvalue weighted by Gasteiger charge is 2.36. The van der Waals surface area contributed by atoms with E-state index >= 15 is 0 Å². The van der Waals surface area contributed by atoms with E-state index in [-0.39, 0.29) is 12.1 Å². The third-order valence-electron chi connectivity index (χ3n) is 5.31. The molecular weight excluding hydrogens is 388 g/mol. The first kappa shape index (κ1) is 21.3. The average molecular weight is 417 g/mol. The van der Waals surface area contributed by atoms with E-state index in [2.05, 4.69) is 48.0 Å². The number of methoxy groups -OCH3 is 1. The number of nitrogens with zero attached hydrogens (tertiary/aromatic N) is 1. The number of hydrogen-bond acceptors (Lipinski definition) is 4. The van der Waals surface area contributed by atoms with Gasteiger partial charge in [0, 0.05) is 12.6 Å². The summed E-state index contributed by atoms with van der Waals surface area (Å²) in [4.78, 5) is 14.0. The van der Waals surface area contributed by atoms with Crippen LogP contribution < -0.4 is 4.72 Å². The fraction of sp³-hybridized carbons (Fsp3) is 0.409. The van der Waals surface area contributed by atoms with Crippen LogP contribution in [0.4, 0.5) is 4.79 Å². The van der Waals surface area contributed by atoms with E-state index in [4.69, 9.17) is 4.74 Å². The molecule has 2 atom stereocenters. The van der Waals surface area contributed by atoms with E-state index < -0.39 is 16.1 Å². The Kier molecular flexibility index (Phi) is 6.59. The lowest BCUT2D eigenvalue weighted by atomic mass is 9.90. The van der Waals surface area contributed by atoms with Gasteiger partial charge in [0.05, 0.1) is 19.4 Å². The molecule has 1 aliphatic rings. The summed E-state index contributed by atoms with van der Waals surface area (Å²) < 4.78 is 31.4. The number of ether oxygens (including phenoxy) is 1. The lowest BCUT2D eigenvalue weighted by molar-refractivity contribution is 0.0792. The van der Waals surface area contributed by atoms with Crippen LogP contribution in [0.15, 0.2) is 48.5 Å². The van der Waals surface area contributed by atoms with Crippen molar-refractivity contribution in [2.45, 2.75) is 38.3 Å². The number of nitrogens with one attached hydrogen (secondary N) is 1. The van der Waals surface area contributed by atoms with Crippen LogP contribution in [0.1, 0.15) is 24.0 Å². The number of rotatable bonds is 5. The van der Waals surface area contributed by atoms with Crippen molar-refractivity contribution in [3.8, 4) is 11.1 Å². The zero-order valence-corrected chi connectivity index (χ0v) is 17.9. The predicted octanol–water partition coefficient (Wildman–Crippen LogP) is 3.35. The number of likely N-dealkylation sites (tertiary alicyclic amines) is 1. The maximum atomic E-state index is 12.3. The Morgan fingerprint density at radius 1 is 1.17 bits per heavy atom. The predicted molar refractivity (Wildman–Crippen MR) is 114 cm³/mol. The van der Waals surface area contributed by atoms with Crippen LogP contribution in [0.3, 0.4) is 0 Å². The summed E-state index contributed by atoms with van der Waals surface area (Å²) in [6, 6.07) is 15.8. The largest absolute Gasteiger partial charge is 0.453 e. The molecule has 0 aromatic heterocycles. The van der Waals surface area contributed by atoms with Gasteiger partial charge in [0.25, 0.3) is 0 Å². The molecule has 1 heterocycles. The molecule has 0 bridgehead atoms. The monoisotopic (exact) mass is 416 g/mol. The Morgan fingerprint density at radius 3 is 2.55 bits per heavy atom. The first-order valence-electron chi connectivity index (χ1n) is 9.75. The SMILES string of the molecule is COC(=O)N1CCC[C@@H](NS(C)(=O)=O)[C@H]1Cc1cccc(-c2ccc(C)cc2)c1. The topological polar surface area (TPSA) is 75.7 Å². The van der Waals surface area contributed by atoms with E-state index in [1.54, 1.807) is 4.90 Å². The summed E-state index contributed by atoms with van der Waals surface area (Å²) in [7, 11) is -2.04. The Labute approximate surface area is 172 Å². The van der Waals surface area contributed by atoms with Crippen LogP contribution in [0.5, 0.6) is 0 Å². The standard InChI is InChI=1S/C22H28N2O4S/c1-16-9-11-18(12-10-16)19-7-4-6-17(14-19)15-21-20(23-29(3,26)27)8-5-13-24(21)22(25)28-2/h4,6-7,9-12,14,20-21,23H,5,8,13,15H2,1-3H3/t20-,21-/m1/s1. The van der Waals surface area contributed by atoms with Crippen LogP contribution in [0.2, 0.25) is 0 Å². The Balaban J connectivity index is 1.89. The molecule has 1 saturated heterocycles. The minimum atomic E-state index is -3.39. The second kappa shape index (κ2) is 8.97. The van der Waals surface area contributed by atoms with E-state index in [0.717, 1.165) is 29.4 Å². The molecule has 1 fully saturated rings. The molecule has 2 aromatic rings. The van der Waals surface area contributed by atoms with E-state index in [0.29, 0.717) is 19.4 Å². The number of aryl methyl sites for hydroxylation is 1. The highest BCUT2D eigenvalue weighted by Crippen LogP contribution is 2.26. The van der Waals surface area contributed by atoms with Crippen LogP contribution >= 0.6 is 0 Å². The average Bonchev–Trinajstić information content (AvgIpc) is 2.68. The van der Waals surface area contributed by atoms with Gasteiger partial charge in [-0.05, 0) is 42.9 Å². The summed E-state index contributed by atoms with van der Waals surface area (Å²) >= 11 is 0. The molecule has 0 spiro atoms. The van der Waals surface area contributed by atoms with E-state index in [9.17, 15) is 13.2 Å². The molecular formula is C22H28N2O4S. The number of piperidine rings is 1. The molecule has 0 aliphatic carbocycles. The van der Waals surface area contributed by atoms with Crippen molar-refractivity contribution < 1.29 is 17.9 Å². The molecule has 1 aliphatic heterocycles. The molecule has 6 nitrogen and oxygen atoms in total. The highest BCUT2D eigenvalue weighted by atomic mass is 32.2. The minimum absolute atomic E-state index is 0.306. The smallest absolute Gasteiger partial charge is 0.409 e. The molecule has 1 N–H and O–H groups in total. The molecule has 3 rings (SSSR count). The van der Waals surface area contributed by atoms with Crippen LogP contribution in [0.25, 0.3) is 11.1 Å². The number of carbonyl (C=O) groups excluding carboxylic acids is 1. The lowest BCUT2D eigenvalue weighted by Crippen LogP contribution is -2.57. The number of amides is 1. The summed E-state index contributed by atoms with van der Waals surface area (Å²) in [5.41, 5.74) is 4.46.